The van der Waals surface area contributed by atoms with Crippen LogP contribution in [0.15, 0.2) is 17.1 Å². The Kier molecular flexibility index (Phi) is 4.40. The number of hydrogen-bond acceptors (Lipinski definition) is 1. The summed E-state index contributed by atoms with van der Waals surface area (Å²) in [6, 6.07) is 0. The van der Waals surface area contributed by atoms with E-state index in [0.717, 1.165) is 6.42 Å². The Morgan fingerprint density at radius 1 is 1.33 bits per heavy atom. The van der Waals surface area contributed by atoms with Crippen molar-refractivity contribution < 1.29 is 0 Å². The molecule has 0 saturated carbocycles. The van der Waals surface area contributed by atoms with Crippen LogP contribution in [0.25, 0.3) is 0 Å². The Labute approximate surface area is 74.5 Å². The molecule has 0 rings (SSSR count). The van der Waals surface area contributed by atoms with Crippen molar-refractivity contribution in [2.75, 3.05) is 6.54 Å². The number of nitrogens with two attached hydrogens (primary N) is 2. The van der Waals surface area contributed by atoms with Crippen LogP contribution >= 0.6 is 0 Å². The lowest BCUT2D eigenvalue weighted by Gasteiger charge is -2.10. The second-order valence-electron chi connectivity index (χ2n) is 3.86. The lowest BCUT2D eigenvalue weighted by atomic mass is 9.96. The summed E-state index contributed by atoms with van der Waals surface area (Å²) in [5, 5.41) is 0. The molecule has 0 aliphatic carbocycles. The number of nitrogens with zero attached hydrogens (tertiary/aromatic N) is 1. The Balaban J connectivity index is 3.57. The molecule has 0 bridgehead atoms. The molecular formula is C9H19N3. The first-order valence-corrected chi connectivity index (χ1v) is 4.15. The Bertz CT molecular complexity index is 171. The fraction of sp³-hybridized carbons (Fsp3) is 0.667. The molecule has 4 N–H and O–H groups in total. The summed E-state index contributed by atoms with van der Waals surface area (Å²) >= 11 is 0. The molecule has 0 spiro atoms. The van der Waals surface area contributed by atoms with Crippen molar-refractivity contribution in [2.24, 2.45) is 21.9 Å². The summed E-state index contributed by atoms with van der Waals surface area (Å²) in [6.45, 7) is 7.15. The van der Waals surface area contributed by atoms with Crippen LogP contribution in [0, 0.1) is 5.41 Å². The smallest absolute Gasteiger partial charge is 0.185 e. The standard InChI is InChI=1S/C9H19N3/c1-9(2,3)6-4-5-7-12-8(10)11/h4,6H,5,7H2,1-3H3,(H4,10,11,12)/b6-4+. The Morgan fingerprint density at radius 2 is 1.92 bits per heavy atom. The minimum absolute atomic E-state index is 0.166. The monoisotopic (exact) mass is 169 g/mol. The van der Waals surface area contributed by atoms with Gasteiger partial charge >= 0.3 is 0 Å². The molecule has 0 saturated heterocycles. The maximum atomic E-state index is 5.16. The highest BCUT2D eigenvalue weighted by Gasteiger charge is 2.02. The SMILES string of the molecule is CC(C)(C)/C=C/CCN=C(N)N. The number of allylic oxidation sites excluding steroid dienone is 1. The third-order valence-corrected chi connectivity index (χ3v) is 1.21. The first-order valence-electron chi connectivity index (χ1n) is 4.15. The average molecular weight is 169 g/mol. The zero-order valence-corrected chi connectivity index (χ0v) is 8.17. The highest BCUT2D eigenvalue weighted by Crippen LogP contribution is 2.14. The van der Waals surface area contributed by atoms with Gasteiger partial charge in [0, 0.05) is 6.54 Å². The molecule has 0 aromatic rings. The summed E-state index contributed by atoms with van der Waals surface area (Å²) in [5.74, 6) is 0.166. The fourth-order valence-corrected chi connectivity index (χ4v) is 0.705. The van der Waals surface area contributed by atoms with Gasteiger partial charge in [0.2, 0.25) is 0 Å². The molecular weight excluding hydrogens is 150 g/mol. The molecule has 3 heteroatoms. The normalized spacial score (nSPS) is 11.9. The molecule has 0 aromatic carbocycles. The number of rotatable bonds is 3. The zero-order chi connectivity index (χ0) is 9.61. The summed E-state index contributed by atoms with van der Waals surface area (Å²) in [4.78, 5) is 3.87. The van der Waals surface area contributed by atoms with Crippen molar-refractivity contribution in [3.05, 3.63) is 12.2 Å². The molecule has 0 aromatic heterocycles. The molecule has 0 aliphatic rings. The van der Waals surface area contributed by atoms with Gasteiger partial charge in [-0.1, -0.05) is 32.9 Å². The summed E-state index contributed by atoms with van der Waals surface area (Å²) in [6.07, 6.45) is 5.16. The van der Waals surface area contributed by atoms with E-state index in [1.54, 1.807) is 0 Å². The third-order valence-electron chi connectivity index (χ3n) is 1.21. The second kappa shape index (κ2) is 4.80. The quantitative estimate of drug-likeness (QED) is 0.289. The molecule has 0 unspecified atom stereocenters. The van der Waals surface area contributed by atoms with Crippen LogP contribution in [-0.2, 0) is 0 Å². The predicted octanol–water partition coefficient (Wildman–Crippen LogP) is 1.25. The maximum Gasteiger partial charge on any atom is 0.185 e. The number of hydrogen-bond donors (Lipinski definition) is 2. The molecule has 0 radical (unpaired) electrons. The lowest BCUT2D eigenvalue weighted by molar-refractivity contribution is 0.542. The first kappa shape index (κ1) is 11.0. The minimum atomic E-state index is 0.166. The predicted molar refractivity (Wildman–Crippen MR) is 53.9 cm³/mol. The van der Waals surface area contributed by atoms with Crippen molar-refractivity contribution in [3.63, 3.8) is 0 Å². The van der Waals surface area contributed by atoms with Gasteiger partial charge in [0.25, 0.3) is 0 Å². The first-order chi connectivity index (χ1) is 5.42. The molecule has 70 valence electrons. The highest BCUT2D eigenvalue weighted by atomic mass is 15.0. The summed E-state index contributed by atoms with van der Waals surface area (Å²) in [7, 11) is 0. The van der Waals surface area contributed by atoms with Crippen LogP contribution in [0.5, 0.6) is 0 Å². The van der Waals surface area contributed by atoms with Crippen LogP contribution in [-0.4, -0.2) is 12.5 Å². The molecule has 0 heterocycles. The van der Waals surface area contributed by atoms with Crippen molar-refractivity contribution in [1.29, 1.82) is 0 Å². The van der Waals surface area contributed by atoms with E-state index in [2.05, 4.69) is 37.9 Å². The molecule has 12 heavy (non-hydrogen) atoms. The molecule has 3 nitrogen and oxygen atoms in total. The zero-order valence-electron chi connectivity index (χ0n) is 8.17. The number of aliphatic imine (C=N–C) groups is 1. The topological polar surface area (TPSA) is 64.4 Å². The number of guanidine groups is 1. The fourth-order valence-electron chi connectivity index (χ4n) is 0.705. The van der Waals surface area contributed by atoms with Crippen molar-refractivity contribution >= 4 is 5.96 Å². The van der Waals surface area contributed by atoms with E-state index < -0.39 is 0 Å². The van der Waals surface area contributed by atoms with E-state index in [1.165, 1.54) is 0 Å². The van der Waals surface area contributed by atoms with E-state index in [9.17, 15) is 0 Å². The van der Waals surface area contributed by atoms with E-state index in [1.807, 2.05) is 0 Å². The van der Waals surface area contributed by atoms with Gasteiger partial charge in [0.05, 0.1) is 0 Å². The maximum absolute atomic E-state index is 5.16. The van der Waals surface area contributed by atoms with Gasteiger partial charge in [0.15, 0.2) is 5.96 Å². The Hall–Kier alpha value is -0.990. The van der Waals surface area contributed by atoms with Crippen LogP contribution in [0.4, 0.5) is 0 Å². The second-order valence-corrected chi connectivity index (χ2v) is 3.86. The highest BCUT2D eigenvalue weighted by molar-refractivity contribution is 5.75. The van der Waals surface area contributed by atoms with Crippen LogP contribution < -0.4 is 11.5 Å². The summed E-state index contributed by atoms with van der Waals surface area (Å²) in [5.41, 5.74) is 10.6. The van der Waals surface area contributed by atoms with Gasteiger partial charge in [-0.3, -0.25) is 4.99 Å². The van der Waals surface area contributed by atoms with Crippen molar-refractivity contribution in [2.45, 2.75) is 27.2 Å². The van der Waals surface area contributed by atoms with Crippen molar-refractivity contribution in [1.82, 2.24) is 0 Å². The van der Waals surface area contributed by atoms with E-state index in [-0.39, 0.29) is 11.4 Å². The van der Waals surface area contributed by atoms with Crippen molar-refractivity contribution in [3.8, 4) is 0 Å². The van der Waals surface area contributed by atoms with Gasteiger partial charge in [-0.05, 0) is 11.8 Å². The van der Waals surface area contributed by atoms with Gasteiger partial charge in [-0.2, -0.15) is 0 Å². The van der Waals surface area contributed by atoms with Crippen LogP contribution in [0.3, 0.4) is 0 Å². The third kappa shape index (κ3) is 9.01. The average Bonchev–Trinajstić information content (AvgIpc) is 1.83. The Morgan fingerprint density at radius 3 is 2.33 bits per heavy atom. The summed E-state index contributed by atoms with van der Waals surface area (Å²) < 4.78 is 0. The van der Waals surface area contributed by atoms with E-state index >= 15 is 0 Å². The van der Waals surface area contributed by atoms with Gasteiger partial charge in [-0.15, -0.1) is 0 Å². The van der Waals surface area contributed by atoms with E-state index in [0.29, 0.717) is 6.54 Å². The van der Waals surface area contributed by atoms with Gasteiger partial charge < -0.3 is 11.5 Å². The molecule has 0 aliphatic heterocycles. The van der Waals surface area contributed by atoms with Crippen LogP contribution in [0.1, 0.15) is 27.2 Å². The lowest BCUT2D eigenvalue weighted by Crippen LogP contribution is -2.22. The molecule has 0 atom stereocenters. The molecule has 0 fully saturated rings. The largest absolute Gasteiger partial charge is 0.370 e. The van der Waals surface area contributed by atoms with E-state index in [4.69, 9.17) is 11.5 Å². The van der Waals surface area contributed by atoms with Gasteiger partial charge in [0.1, 0.15) is 0 Å². The molecule has 0 amide bonds. The van der Waals surface area contributed by atoms with Gasteiger partial charge in [-0.25, -0.2) is 0 Å². The van der Waals surface area contributed by atoms with Crippen LogP contribution in [0.2, 0.25) is 0 Å². The minimum Gasteiger partial charge on any atom is -0.370 e.